The van der Waals surface area contributed by atoms with E-state index in [1.165, 1.54) is 41.7 Å². The fraction of sp³-hybridized carbons (Fsp3) is 0.292. The van der Waals surface area contributed by atoms with Crippen LogP contribution in [0, 0.1) is 0 Å². The summed E-state index contributed by atoms with van der Waals surface area (Å²) in [7, 11) is -2.28. The highest BCUT2D eigenvalue weighted by molar-refractivity contribution is 7.89. The number of sulfonamides is 1. The number of anilines is 1. The van der Waals surface area contributed by atoms with Gasteiger partial charge in [0.05, 0.1) is 23.4 Å². The molecule has 10 heteroatoms. The molecule has 0 atom stereocenters. The Labute approximate surface area is 198 Å². The molecule has 3 aromatic rings. The van der Waals surface area contributed by atoms with Gasteiger partial charge in [0.15, 0.2) is 0 Å². The fourth-order valence-corrected chi connectivity index (χ4v) is 5.39. The SMILES string of the molecule is COc1ccc(S(=O)(=O)N2CCCCCC2)cc1NC(=O)c1ccc(=O)n(-c2ccccc2)n1. The Bertz CT molecular complexity index is 1330. The summed E-state index contributed by atoms with van der Waals surface area (Å²) in [4.78, 5) is 25.3. The van der Waals surface area contributed by atoms with Gasteiger partial charge in [0.25, 0.3) is 11.5 Å². The molecule has 178 valence electrons. The maximum atomic E-state index is 13.2. The van der Waals surface area contributed by atoms with Crippen LogP contribution in [-0.4, -0.2) is 48.6 Å². The zero-order valence-corrected chi connectivity index (χ0v) is 19.6. The monoisotopic (exact) mass is 482 g/mol. The summed E-state index contributed by atoms with van der Waals surface area (Å²) in [6, 6.07) is 15.7. The second-order valence-corrected chi connectivity index (χ2v) is 9.88. The van der Waals surface area contributed by atoms with E-state index in [0.717, 1.165) is 30.4 Å². The van der Waals surface area contributed by atoms with Crippen molar-refractivity contribution in [3.63, 3.8) is 0 Å². The van der Waals surface area contributed by atoms with Gasteiger partial charge in [-0.25, -0.2) is 8.42 Å². The molecular weight excluding hydrogens is 456 g/mol. The number of para-hydroxylation sites is 1. The van der Waals surface area contributed by atoms with E-state index in [0.29, 0.717) is 24.5 Å². The first kappa shape index (κ1) is 23.7. The zero-order valence-electron chi connectivity index (χ0n) is 18.8. The Hall–Kier alpha value is -3.50. The lowest BCUT2D eigenvalue weighted by atomic mass is 10.2. The van der Waals surface area contributed by atoms with E-state index in [4.69, 9.17) is 4.74 Å². The standard InChI is InChI=1S/C24H26N4O5S/c1-33-22-13-11-19(34(31,32)27-15-7-2-3-8-16-27)17-21(22)25-24(30)20-12-14-23(29)28(26-20)18-9-5-4-6-10-18/h4-6,9-14,17H,2-3,7-8,15-16H2,1H3,(H,25,30). The van der Waals surface area contributed by atoms with Crippen molar-refractivity contribution in [2.75, 3.05) is 25.5 Å². The number of aromatic nitrogens is 2. The van der Waals surface area contributed by atoms with Crippen LogP contribution < -0.4 is 15.6 Å². The number of carbonyl (C=O) groups is 1. The smallest absolute Gasteiger partial charge is 0.276 e. The minimum absolute atomic E-state index is 0.00807. The fourth-order valence-electron chi connectivity index (χ4n) is 3.85. The highest BCUT2D eigenvalue weighted by atomic mass is 32.2. The number of nitrogens with zero attached hydrogens (tertiary/aromatic N) is 3. The number of carbonyl (C=O) groups excluding carboxylic acids is 1. The van der Waals surface area contributed by atoms with Crippen molar-refractivity contribution in [1.82, 2.24) is 14.1 Å². The first-order valence-corrected chi connectivity index (χ1v) is 12.5. The lowest BCUT2D eigenvalue weighted by molar-refractivity contribution is 0.102. The molecular formula is C24H26N4O5S. The first-order chi connectivity index (χ1) is 16.4. The van der Waals surface area contributed by atoms with E-state index in [2.05, 4.69) is 10.4 Å². The Morgan fingerprint density at radius 2 is 1.68 bits per heavy atom. The molecule has 1 aliphatic heterocycles. The van der Waals surface area contributed by atoms with E-state index in [1.807, 2.05) is 6.07 Å². The van der Waals surface area contributed by atoms with Gasteiger partial charge in [-0.2, -0.15) is 14.1 Å². The minimum Gasteiger partial charge on any atom is -0.495 e. The predicted molar refractivity (Wildman–Crippen MR) is 128 cm³/mol. The number of methoxy groups -OCH3 is 1. The highest BCUT2D eigenvalue weighted by Crippen LogP contribution is 2.30. The Balaban J connectivity index is 1.64. The molecule has 1 fully saturated rings. The third-order valence-electron chi connectivity index (χ3n) is 5.66. The summed E-state index contributed by atoms with van der Waals surface area (Å²) >= 11 is 0. The third kappa shape index (κ3) is 5.02. The van der Waals surface area contributed by atoms with Gasteiger partial charge in [0.1, 0.15) is 11.4 Å². The number of amides is 1. The van der Waals surface area contributed by atoms with Crippen LogP contribution in [-0.2, 0) is 10.0 Å². The molecule has 9 nitrogen and oxygen atoms in total. The second-order valence-electron chi connectivity index (χ2n) is 7.94. The van der Waals surface area contributed by atoms with Gasteiger partial charge in [-0.1, -0.05) is 31.0 Å². The third-order valence-corrected chi connectivity index (χ3v) is 7.55. The van der Waals surface area contributed by atoms with Gasteiger partial charge >= 0.3 is 0 Å². The van der Waals surface area contributed by atoms with Gasteiger partial charge in [0, 0.05) is 19.2 Å². The second kappa shape index (κ2) is 10.2. The number of hydrogen-bond acceptors (Lipinski definition) is 6. The van der Waals surface area contributed by atoms with Crippen LogP contribution in [0.1, 0.15) is 36.2 Å². The molecule has 0 unspecified atom stereocenters. The molecule has 0 spiro atoms. The van der Waals surface area contributed by atoms with Crippen molar-refractivity contribution in [3.8, 4) is 11.4 Å². The van der Waals surface area contributed by atoms with Crippen LogP contribution >= 0.6 is 0 Å². The van der Waals surface area contributed by atoms with E-state index in [9.17, 15) is 18.0 Å². The van der Waals surface area contributed by atoms with Crippen molar-refractivity contribution >= 4 is 21.6 Å². The molecule has 1 N–H and O–H groups in total. The quantitative estimate of drug-likeness (QED) is 0.578. The van der Waals surface area contributed by atoms with Crippen molar-refractivity contribution < 1.29 is 17.9 Å². The van der Waals surface area contributed by atoms with Gasteiger partial charge in [-0.15, -0.1) is 0 Å². The topological polar surface area (TPSA) is 111 Å². The highest BCUT2D eigenvalue weighted by Gasteiger charge is 2.26. The average molecular weight is 483 g/mol. The van der Waals surface area contributed by atoms with E-state index in [-0.39, 0.29) is 21.8 Å². The zero-order chi connectivity index (χ0) is 24.1. The molecule has 1 amide bonds. The average Bonchev–Trinajstić information content (AvgIpc) is 3.15. The van der Waals surface area contributed by atoms with Crippen LogP contribution in [0.4, 0.5) is 5.69 Å². The van der Waals surface area contributed by atoms with E-state index in [1.54, 1.807) is 24.3 Å². The Morgan fingerprint density at radius 3 is 2.35 bits per heavy atom. The van der Waals surface area contributed by atoms with Crippen LogP contribution in [0.25, 0.3) is 5.69 Å². The molecule has 0 saturated carbocycles. The van der Waals surface area contributed by atoms with Gasteiger partial charge in [-0.05, 0) is 49.2 Å². The summed E-state index contributed by atoms with van der Waals surface area (Å²) in [5.41, 5.74) is 0.324. The van der Waals surface area contributed by atoms with Gasteiger partial charge in [0.2, 0.25) is 10.0 Å². The lowest BCUT2D eigenvalue weighted by Crippen LogP contribution is -2.32. The summed E-state index contributed by atoms with van der Waals surface area (Å²) in [6.45, 7) is 0.946. The van der Waals surface area contributed by atoms with Crippen molar-refractivity contribution in [1.29, 1.82) is 0 Å². The molecule has 1 aliphatic rings. The summed E-state index contributed by atoms with van der Waals surface area (Å²) in [6.07, 6.45) is 3.66. The molecule has 0 bridgehead atoms. The number of rotatable bonds is 6. The number of nitrogens with one attached hydrogen (secondary N) is 1. The minimum atomic E-state index is -3.72. The molecule has 1 aromatic heterocycles. The number of ether oxygens (including phenoxy) is 1. The molecule has 0 aliphatic carbocycles. The molecule has 0 radical (unpaired) electrons. The lowest BCUT2D eigenvalue weighted by Gasteiger charge is -2.21. The molecule has 2 aromatic carbocycles. The maximum absolute atomic E-state index is 13.2. The Kier molecular flexibility index (Phi) is 7.09. The van der Waals surface area contributed by atoms with Crippen LogP contribution in [0.15, 0.2) is 70.4 Å². The van der Waals surface area contributed by atoms with E-state index < -0.39 is 15.9 Å². The largest absolute Gasteiger partial charge is 0.495 e. The van der Waals surface area contributed by atoms with Gasteiger partial charge in [-0.3, -0.25) is 9.59 Å². The molecule has 34 heavy (non-hydrogen) atoms. The van der Waals surface area contributed by atoms with E-state index >= 15 is 0 Å². The van der Waals surface area contributed by atoms with Crippen molar-refractivity contribution in [2.24, 2.45) is 0 Å². The normalized spacial score (nSPS) is 14.9. The summed E-state index contributed by atoms with van der Waals surface area (Å²) < 4.78 is 34.4. The molecule has 4 rings (SSSR count). The van der Waals surface area contributed by atoms with Gasteiger partial charge < -0.3 is 10.1 Å². The molecule has 2 heterocycles. The number of benzene rings is 2. The first-order valence-electron chi connectivity index (χ1n) is 11.1. The van der Waals surface area contributed by atoms with Crippen LogP contribution in [0.5, 0.6) is 5.75 Å². The van der Waals surface area contributed by atoms with Crippen LogP contribution in [0.3, 0.4) is 0 Å². The summed E-state index contributed by atoms with van der Waals surface area (Å²) in [5.74, 6) is -0.299. The van der Waals surface area contributed by atoms with Crippen molar-refractivity contribution in [3.05, 3.63) is 76.7 Å². The number of hydrogen-bond donors (Lipinski definition) is 1. The maximum Gasteiger partial charge on any atom is 0.276 e. The predicted octanol–water partition coefficient (Wildman–Crippen LogP) is 3.06. The Morgan fingerprint density at radius 1 is 0.971 bits per heavy atom. The molecule has 1 saturated heterocycles. The van der Waals surface area contributed by atoms with Crippen molar-refractivity contribution in [2.45, 2.75) is 30.6 Å². The summed E-state index contributed by atoms with van der Waals surface area (Å²) in [5, 5.41) is 6.85. The van der Waals surface area contributed by atoms with Crippen LogP contribution in [0.2, 0.25) is 0 Å².